The summed E-state index contributed by atoms with van der Waals surface area (Å²) in [5.41, 5.74) is 7.95. The summed E-state index contributed by atoms with van der Waals surface area (Å²) >= 11 is 0. The molecule has 1 aliphatic carbocycles. The van der Waals surface area contributed by atoms with E-state index in [1.54, 1.807) is 24.3 Å². The third kappa shape index (κ3) is 5.79. The number of hydrogen-bond acceptors (Lipinski definition) is 15. The Bertz CT molecular complexity index is 1820. The highest BCUT2D eigenvalue weighted by Gasteiger charge is 2.47. The molecule has 264 valence electrons. The number of rotatable bonds is 9. The topological polar surface area (TPSA) is 245 Å². The molecule has 4 aliphatic rings. The van der Waals surface area contributed by atoms with Crippen molar-refractivity contribution in [2.75, 3.05) is 31.4 Å². The number of fused-ring (bicyclic) bond motifs is 3. The molecule has 3 saturated heterocycles. The second-order valence-electron chi connectivity index (χ2n) is 12.4. The smallest absolute Gasteiger partial charge is 0.242 e. The lowest BCUT2D eigenvalue weighted by Crippen LogP contribution is -2.70. The molecule has 10 N–H and O–H groups in total. The van der Waals surface area contributed by atoms with Crippen molar-refractivity contribution < 1.29 is 54.1 Å². The van der Waals surface area contributed by atoms with Gasteiger partial charge in [0.2, 0.25) is 12.2 Å². The monoisotopic (exact) mass is 691 g/mol. The fourth-order valence-electron chi connectivity index (χ4n) is 6.94. The Balaban J connectivity index is 1.37. The molecule has 8 unspecified atom stereocenters. The molecular formula is C34H37N5O11. The number of amides is 1. The molecule has 3 aromatic rings. The van der Waals surface area contributed by atoms with Gasteiger partial charge < -0.3 is 50.0 Å². The molecule has 0 saturated carbocycles. The number of ketones is 2. The summed E-state index contributed by atoms with van der Waals surface area (Å²) in [4.78, 5) is 42.6. The van der Waals surface area contributed by atoms with E-state index in [-0.39, 0.29) is 59.4 Å². The predicted molar refractivity (Wildman–Crippen MR) is 173 cm³/mol. The third-order valence-corrected chi connectivity index (χ3v) is 9.37. The number of hydrogen-bond donors (Lipinski definition) is 9. The van der Waals surface area contributed by atoms with E-state index in [2.05, 4.69) is 16.0 Å². The Kier molecular flexibility index (Phi) is 9.29. The average Bonchev–Trinajstić information content (AvgIpc) is 3.54. The van der Waals surface area contributed by atoms with Crippen LogP contribution in [0.1, 0.15) is 43.0 Å². The van der Waals surface area contributed by atoms with Crippen LogP contribution in [0.4, 0.5) is 5.69 Å². The van der Waals surface area contributed by atoms with Crippen LogP contribution >= 0.6 is 0 Å². The SMILES string of the molecule is NC1NC(=O)C2NCN(c3ccccc3Cc3cc4c(c(OCCO)c3OC3OC(CO)C(O)C(O)C3O)C(=O)c3ccccc3C4=O)C2N1. The summed E-state index contributed by atoms with van der Waals surface area (Å²) in [5, 5.41) is 60.5. The Morgan fingerprint density at radius 3 is 2.34 bits per heavy atom. The van der Waals surface area contributed by atoms with Crippen molar-refractivity contribution >= 4 is 23.2 Å². The Morgan fingerprint density at radius 1 is 0.880 bits per heavy atom. The quantitative estimate of drug-likeness (QED) is 0.0890. The van der Waals surface area contributed by atoms with Gasteiger partial charge in [0.15, 0.2) is 23.1 Å². The number of nitrogens with two attached hydrogens (primary N) is 1. The number of anilines is 1. The molecule has 3 aromatic carbocycles. The van der Waals surface area contributed by atoms with Crippen LogP contribution in [0, 0.1) is 0 Å². The van der Waals surface area contributed by atoms with E-state index in [0.717, 1.165) is 0 Å². The summed E-state index contributed by atoms with van der Waals surface area (Å²) in [5.74, 6) is -1.59. The Labute approximate surface area is 285 Å². The second kappa shape index (κ2) is 13.7. The van der Waals surface area contributed by atoms with Gasteiger partial charge in [0.25, 0.3) is 0 Å². The van der Waals surface area contributed by atoms with Crippen molar-refractivity contribution in [1.29, 1.82) is 0 Å². The standard InChI is InChI=1S/C34H37N5O11/c35-34-37-31-23(32(47)38-34)36-14-39(31)20-8-4-1-5-15(20)11-16-12-19-22(25(43)18-7-3-2-6-17(18)24(19)42)30(48-10-9-40)29(16)50-33-28(46)27(45)26(44)21(13-41)49-33/h1-8,12,21,23,26-28,31,33-34,36-37,40-41,44-46H,9-11,13-14,35H2,(H,38,47). The molecule has 7 rings (SSSR count). The molecule has 8 atom stereocenters. The van der Waals surface area contributed by atoms with Crippen LogP contribution in [-0.4, -0.2) is 119 Å². The number of nitrogens with zero attached hydrogens (tertiary/aromatic N) is 1. The first-order valence-electron chi connectivity index (χ1n) is 16.1. The number of aliphatic hydroxyl groups excluding tert-OH is 5. The van der Waals surface area contributed by atoms with E-state index in [4.69, 9.17) is 19.9 Å². The van der Waals surface area contributed by atoms with E-state index >= 15 is 0 Å². The van der Waals surface area contributed by atoms with Gasteiger partial charge in [-0.05, 0) is 17.7 Å². The average molecular weight is 692 g/mol. The third-order valence-electron chi connectivity index (χ3n) is 9.37. The minimum Gasteiger partial charge on any atom is -0.486 e. The van der Waals surface area contributed by atoms with Gasteiger partial charge in [0.05, 0.1) is 25.4 Å². The lowest BCUT2D eigenvalue weighted by atomic mass is 9.81. The van der Waals surface area contributed by atoms with Gasteiger partial charge in [-0.25, -0.2) is 0 Å². The minimum absolute atomic E-state index is 0.0229. The molecule has 3 heterocycles. The fraction of sp³-hybridized carbons (Fsp3) is 0.382. The van der Waals surface area contributed by atoms with Crippen molar-refractivity contribution in [1.82, 2.24) is 16.0 Å². The van der Waals surface area contributed by atoms with Crippen molar-refractivity contribution in [2.45, 2.75) is 55.6 Å². The molecule has 3 fully saturated rings. The highest BCUT2D eigenvalue weighted by Crippen LogP contribution is 2.45. The van der Waals surface area contributed by atoms with Crippen LogP contribution in [0.15, 0.2) is 54.6 Å². The van der Waals surface area contributed by atoms with E-state index < -0.39 is 74.0 Å². The maximum atomic E-state index is 14.0. The minimum atomic E-state index is -1.81. The van der Waals surface area contributed by atoms with Crippen LogP contribution in [0.25, 0.3) is 0 Å². The zero-order valence-corrected chi connectivity index (χ0v) is 26.6. The maximum absolute atomic E-state index is 14.0. The number of nitrogens with one attached hydrogen (secondary N) is 3. The van der Waals surface area contributed by atoms with E-state index in [1.807, 2.05) is 23.1 Å². The van der Waals surface area contributed by atoms with Crippen LogP contribution in [0.2, 0.25) is 0 Å². The van der Waals surface area contributed by atoms with Gasteiger partial charge in [-0.15, -0.1) is 0 Å². The molecule has 0 spiro atoms. The zero-order valence-electron chi connectivity index (χ0n) is 26.6. The van der Waals surface area contributed by atoms with Crippen molar-refractivity contribution in [3.8, 4) is 11.5 Å². The Hall–Kier alpha value is -4.49. The van der Waals surface area contributed by atoms with Gasteiger partial charge in [-0.3, -0.25) is 30.8 Å². The molecule has 50 heavy (non-hydrogen) atoms. The predicted octanol–water partition coefficient (Wildman–Crippen LogP) is -2.37. The van der Waals surface area contributed by atoms with Gasteiger partial charge in [0, 0.05) is 34.4 Å². The molecule has 1 amide bonds. The van der Waals surface area contributed by atoms with Crippen LogP contribution in [0.5, 0.6) is 11.5 Å². The maximum Gasteiger partial charge on any atom is 0.242 e. The summed E-state index contributed by atoms with van der Waals surface area (Å²) in [7, 11) is 0. The number of benzene rings is 3. The first-order valence-corrected chi connectivity index (χ1v) is 16.1. The Morgan fingerprint density at radius 2 is 1.60 bits per heavy atom. The number of carbonyl (C=O) groups is 3. The van der Waals surface area contributed by atoms with Crippen LogP contribution in [0.3, 0.4) is 0 Å². The number of carbonyl (C=O) groups excluding carboxylic acids is 3. The summed E-state index contributed by atoms with van der Waals surface area (Å²) in [6.45, 7) is -1.20. The molecule has 3 aliphatic heterocycles. The highest BCUT2D eigenvalue weighted by atomic mass is 16.7. The lowest BCUT2D eigenvalue weighted by molar-refractivity contribution is -0.277. The molecule has 0 aromatic heterocycles. The van der Waals surface area contributed by atoms with E-state index in [0.29, 0.717) is 16.8 Å². The number of ether oxygens (including phenoxy) is 3. The number of para-hydroxylation sites is 1. The van der Waals surface area contributed by atoms with E-state index in [1.165, 1.54) is 12.1 Å². The van der Waals surface area contributed by atoms with Gasteiger partial charge in [-0.1, -0.05) is 42.5 Å². The van der Waals surface area contributed by atoms with E-state index in [9.17, 15) is 39.9 Å². The second-order valence-corrected chi connectivity index (χ2v) is 12.4. The van der Waals surface area contributed by atoms with Gasteiger partial charge >= 0.3 is 0 Å². The molecule has 0 radical (unpaired) electrons. The first-order chi connectivity index (χ1) is 24.1. The summed E-state index contributed by atoms with van der Waals surface area (Å²) < 4.78 is 17.9. The van der Waals surface area contributed by atoms with Gasteiger partial charge in [-0.2, -0.15) is 0 Å². The number of aliphatic hydroxyl groups is 5. The van der Waals surface area contributed by atoms with Gasteiger partial charge in [0.1, 0.15) is 49.5 Å². The fourth-order valence-corrected chi connectivity index (χ4v) is 6.94. The van der Waals surface area contributed by atoms with Crippen molar-refractivity contribution in [2.24, 2.45) is 5.73 Å². The van der Waals surface area contributed by atoms with Crippen LogP contribution in [-0.2, 0) is 16.0 Å². The largest absolute Gasteiger partial charge is 0.486 e. The van der Waals surface area contributed by atoms with Crippen molar-refractivity contribution in [3.05, 3.63) is 88.0 Å². The molecular weight excluding hydrogens is 654 g/mol. The highest BCUT2D eigenvalue weighted by molar-refractivity contribution is 6.29. The first kappa shape index (κ1) is 34.0. The van der Waals surface area contributed by atoms with Crippen molar-refractivity contribution in [3.63, 3.8) is 0 Å². The summed E-state index contributed by atoms with van der Waals surface area (Å²) in [6.07, 6.45) is -9.47. The zero-order chi connectivity index (χ0) is 35.3. The lowest BCUT2D eigenvalue weighted by Gasteiger charge is -2.40. The van der Waals surface area contributed by atoms with Crippen LogP contribution < -0.4 is 36.1 Å². The summed E-state index contributed by atoms with van der Waals surface area (Å²) in [6, 6.07) is 14.5. The molecule has 0 bridgehead atoms. The molecule has 16 nitrogen and oxygen atoms in total. The molecule has 16 heteroatoms. The normalized spacial score (nSPS) is 28.8.